The van der Waals surface area contributed by atoms with Gasteiger partial charge >= 0.3 is 0 Å². The van der Waals surface area contributed by atoms with Crippen LogP contribution in [0.2, 0.25) is 0 Å². The molecule has 0 bridgehead atoms. The third kappa shape index (κ3) is 7.85. The Morgan fingerprint density at radius 1 is 1.21 bits per heavy atom. The zero-order chi connectivity index (χ0) is 13.9. The number of nitrogens with one attached hydrogen (secondary N) is 1. The number of ether oxygens (including phenoxy) is 2. The highest BCUT2D eigenvalue weighted by Gasteiger charge is 1.97. The Morgan fingerprint density at radius 3 is 2.79 bits per heavy atom. The molecular formula is C16H27NO2. The molecule has 19 heavy (non-hydrogen) atoms. The van der Waals surface area contributed by atoms with Crippen LogP contribution in [-0.2, 0) is 11.3 Å². The molecule has 1 rings (SSSR count). The number of hydrogen-bond acceptors (Lipinski definition) is 3. The first kappa shape index (κ1) is 16.0. The van der Waals surface area contributed by atoms with Gasteiger partial charge in [0.05, 0.1) is 12.7 Å². The first-order chi connectivity index (χ1) is 9.22. The lowest BCUT2D eigenvalue weighted by Crippen LogP contribution is -2.15. The largest absolute Gasteiger partial charge is 0.494 e. The van der Waals surface area contributed by atoms with E-state index in [1.54, 1.807) is 0 Å². The van der Waals surface area contributed by atoms with Gasteiger partial charge in [-0.15, -0.1) is 0 Å². The quantitative estimate of drug-likeness (QED) is 0.658. The number of hydrogen-bond donors (Lipinski definition) is 1. The van der Waals surface area contributed by atoms with Crippen molar-refractivity contribution in [1.82, 2.24) is 5.32 Å². The second-order valence-corrected chi connectivity index (χ2v) is 4.88. The Hall–Kier alpha value is -1.06. The van der Waals surface area contributed by atoms with Crippen LogP contribution in [0.4, 0.5) is 0 Å². The van der Waals surface area contributed by atoms with Crippen molar-refractivity contribution in [2.75, 3.05) is 19.8 Å². The van der Waals surface area contributed by atoms with Gasteiger partial charge in [0.1, 0.15) is 5.75 Å². The van der Waals surface area contributed by atoms with Gasteiger partial charge in [0.15, 0.2) is 0 Å². The van der Waals surface area contributed by atoms with E-state index in [-0.39, 0.29) is 0 Å². The molecule has 0 heterocycles. The van der Waals surface area contributed by atoms with E-state index >= 15 is 0 Å². The number of rotatable bonds is 10. The van der Waals surface area contributed by atoms with Crippen LogP contribution < -0.4 is 10.1 Å². The van der Waals surface area contributed by atoms with Gasteiger partial charge in [-0.25, -0.2) is 0 Å². The van der Waals surface area contributed by atoms with Crippen LogP contribution >= 0.6 is 0 Å². The summed E-state index contributed by atoms with van der Waals surface area (Å²) in [7, 11) is 0. The van der Waals surface area contributed by atoms with Crippen molar-refractivity contribution in [1.29, 1.82) is 0 Å². The molecule has 1 N–H and O–H groups in total. The van der Waals surface area contributed by atoms with E-state index < -0.39 is 0 Å². The molecule has 0 amide bonds. The van der Waals surface area contributed by atoms with Crippen LogP contribution in [0, 0.1) is 0 Å². The molecule has 0 aliphatic heterocycles. The van der Waals surface area contributed by atoms with Gasteiger partial charge in [-0.1, -0.05) is 12.1 Å². The highest BCUT2D eigenvalue weighted by Crippen LogP contribution is 2.12. The van der Waals surface area contributed by atoms with Crippen molar-refractivity contribution >= 4 is 0 Å². The van der Waals surface area contributed by atoms with Crippen LogP contribution in [-0.4, -0.2) is 25.9 Å². The van der Waals surface area contributed by atoms with Crippen molar-refractivity contribution in [3.05, 3.63) is 29.8 Å². The standard InChI is InChI=1S/C16H27NO2/c1-4-18-16-9-7-8-15(12-16)13-17-10-5-6-11-19-14(2)3/h7-9,12,14,17H,4-6,10-11,13H2,1-3H3. The molecule has 0 atom stereocenters. The average Bonchev–Trinajstić information content (AvgIpc) is 2.38. The van der Waals surface area contributed by atoms with Crippen molar-refractivity contribution < 1.29 is 9.47 Å². The first-order valence-electron chi connectivity index (χ1n) is 7.26. The van der Waals surface area contributed by atoms with Crippen LogP contribution in [0.3, 0.4) is 0 Å². The van der Waals surface area contributed by atoms with E-state index in [0.717, 1.165) is 38.3 Å². The van der Waals surface area contributed by atoms with Crippen molar-refractivity contribution in [3.63, 3.8) is 0 Å². The summed E-state index contributed by atoms with van der Waals surface area (Å²) in [5.41, 5.74) is 1.27. The van der Waals surface area contributed by atoms with E-state index in [4.69, 9.17) is 9.47 Å². The summed E-state index contributed by atoms with van der Waals surface area (Å²) in [6.07, 6.45) is 2.61. The maximum Gasteiger partial charge on any atom is 0.119 e. The summed E-state index contributed by atoms with van der Waals surface area (Å²) in [5.74, 6) is 0.951. The Bertz CT molecular complexity index is 339. The molecule has 0 fully saturated rings. The summed E-state index contributed by atoms with van der Waals surface area (Å²) >= 11 is 0. The first-order valence-corrected chi connectivity index (χ1v) is 7.26. The van der Waals surface area contributed by atoms with Gasteiger partial charge < -0.3 is 14.8 Å². The maximum absolute atomic E-state index is 5.50. The molecule has 0 radical (unpaired) electrons. The lowest BCUT2D eigenvalue weighted by molar-refractivity contribution is 0.0760. The fourth-order valence-electron chi connectivity index (χ4n) is 1.82. The molecule has 0 spiro atoms. The molecule has 0 saturated carbocycles. The molecule has 1 aromatic rings. The minimum absolute atomic E-state index is 0.342. The van der Waals surface area contributed by atoms with Crippen LogP contribution in [0.5, 0.6) is 5.75 Å². The van der Waals surface area contributed by atoms with E-state index in [1.807, 2.05) is 19.1 Å². The Morgan fingerprint density at radius 2 is 2.05 bits per heavy atom. The van der Waals surface area contributed by atoms with Gasteiger partial charge in [0.2, 0.25) is 0 Å². The number of unbranched alkanes of at least 4 members (excludes halogenated alkanes) is 1. The minimum Gasteiger partial charge on any atom is -0.494 e. The fraction of sp³-hybridized carbons (Fsp3) is 0.625. The lowest BCUT2D eigenvalue weighted by Gasteiger charge is -2.09. The Kier molecular flexibility index (Phi) is 8.26. The Balaban J connectivity index is 2.10. The monoisotopic (exact) mass is 265 g/mol. The lowest BCUT2D eigenvalue weighted by atomic mass is 10.2. The molecule has 0 aromatic heterocycles. The van der Waals surface area contributed by atoms with E-state index in [2.05, 4.69) is 31.3 Å². The second-order valence-electron chi connectivity index (χ2n) is 4.88. The van der Waals surface area contributed by atoms with Crippen molar-refractivity contribution in [2.45, 2.75) is 46.3 Å². The molecule has 3 heteroatoms. The highest BCUT2D eigenvalue weighted by molar-refractivity contribution is 5.28. The predicted molar refractivity (Wildman–Crippen MR) is 79.6 cm³/mol. The maximum atomic E-state index is 5.50. The third-order valence-electron chi connectivity index (χ3n) is 2.74. The highest BCUT2D eigenvalue weighted by atomic mass is 16.5. The summed E-state index contributed by atoms with van der Waals surface area (Å²) < 4.78 is 11.0. The van der Waals surface area contributed by atoms with Crippen LogP contribution in [0.25, 0.3) is 0 Å². The SMILES string of the molecule is CCOc1cccc(CNCCCCOC(C)C)c1. The van der Waals surface area contributed by atoms with Crippen molar-refractivity contribution in [3.8, 4) is 5.75 Å². The molecular weight excluding hydrogens is 238 g/mol. The topological polar surface area (TPSA) is 30.5 Å². The summed E-state index contributed by atoms with van der Waals surface area (Å²) in [5, 5.41) is 3.45. The fourth-order valence-corrected chi connectivity index (χ4v) is 1.82. The normalized spacial score (nSPS) is 10.9. The minimum atomic E-state index is 0.342. The number of benzene rings is 1. The van der Waals surface area contributed by atoms with Gasteiger partial charge in [0.25, 0.3) is 0 Å². The third-order valence-corrected chi connectivity index (χ3v) is 2.74. The summed E-state index contributed by atoms with van der Waals surface area (Å²) in [6, 6.07) is 8.25. The smallest absolute Gasteiger partial charge is 0.119 e. The molecule has 0 aliphatic rings. The molecule has 0 saturated heterocycles. The van der Waals surface area contributed by atoms with Gasteiger partial charge in [-0.05, 0) is 57.9 Å². The average molecular weight is 265 g/mol. The summed E-state index contributed by atoms with van der Waals surface area (Å²) in [6.45, 7) is 9.65. The Labute approximate surface area is 117 Å². The van der Waals surface area contributed by atoms with E-state index in [0.29, 0.717) is 12.7 Å². The zero-order valence-electron chi connectivity index (χ0n) is 12.4. The van der Waals surface area contributed by atoms with Gasteiger partial charge in [-0.2, -0.15) is 0 Å². The van der Waals surface area contributed by atoms with Gasteiger partial charge in [-0.3, -0.25) is 0 Å². The van der Waals surface area contributed by atoms with Crippen molar-refractivity contribution in [2.24, 2.45) is 0 Å². The van der Waals surface area contributed by atoms with Crippen LogP contribution in [0.1, 0.15) is 39.2 Å². The molecule has 0 aliphatic carbocycles. The second kappa shape index (κ2) is 9.82. The molecule has 108 valence electrons. The van der Waals surface area contributed by atoms with Gasteiger partial charge in [0, 0.05) is 13.2 Å². The molecule has 1 aromatic carbocycles. The summed E-state index contributed by atoms with van der Waals surface area (Å²) in [4.78, 5) is 0. The van der Waals surface area contributed by atoms with Crippen LogP contribution in [0.15, 0.2) is 24.3 Å². The molecule has 3 nitrogen and oxygen atoms in total. The predicted octanol–water partition coefficient (Wildman–Crippen LogP) is 3.38. The van der Waals surface area contributed by atoms with E-state index in [9.17, 15) is 0 Å². The van der Waals surface area contributed by atoms with E-state index in [1.165, 1.54) is 5.56 Å². The molecule has 0 unspecified atom stereocenters. The zero-order valence-corrected chi connectivity index (χ0v) is 12.4.